The van der Waals surface area contributed by atoms with Crippen LogP contribution in [0.3, 0.4) is 0 Å². The van der Waals surface area contributed by atoms with Gasteiger partial charge >= 0.3 is 37.1 Å². The maximum atomic E-state index is 8.73. The standard InChI is InChI=1S/3CH3.H2O.3O.Re.Sn/h3*1H3;1H2;;;;;/q;;;;3*-2;;+1/p-1. The third-order valence-corrected chi connectivity index (χ3v) is 0. The molecule has 0 saturated carbocycles. The average Bonchev–Trinajstić information content (AvgIpc) is 0.722. The third-order valence-electron chi connectivity index (χ3n) is 0. The Labute approximate surface area is 73.7 Å². The second-order valence-corrected chi connectivity index (χ2v) is 14.6. The molecule has 63 valence electrons. The van der Waals surface area contributed by atoms with Crippen molar-refractivity contribution in [3.05, 3.63) is 0 Å². The second kappa shape index (κ2) is 12.0. The molecule has 4 nitrogen and oxygen atoms in total. The van der Waals surface area contributed by atoms with Crippen molar-refractivity contribution in [2.24, 2.45) is 0 Å². The van der Waals surface area contributed by atoms with Gasteiger partial charge in [-0.3, -0.25) is 0 Å². The summed E-state index contributed by atoms with van der Waals surface area (Å²) in [4.78, 5) is 5.86. The van der Waals surface area contributed by atoms with E-state index in [0.717, 1.165) is 0 Å². The normalized spacial score (nSPS) is 6.67. The van der Waals surface area contributed by atoms with Crippen molar-refractivity contribution in [2.75, 3.05) is 0 Å². The van der Waals surface area contributed by atoms with Crippen LogP contribution < -0.4 is 0 Å². The zero-order chi connectivity index (χ0) is 4.50. The SMILES string of the molecule is [CH3][Sn]([CH3])([CH3])[OH].[O-2].[O-2].[O-2].[Re]. The zero-order valence-electron chi connectivity index (χ0n) is 5.55. The van der Waals surface area contributed by atoms with Crippen LogP contribution in [0.5, 0.6) is 0 Å². The Morgan fingerprint density at radius 1 is 0.889 bits per heavy atom. The molecule has 1 radical (unpaired) electrons. The van der Waals surface area contributed by atoms with E-state index in [4.69, 9.17) is 3.44 Å². The van der Waals surface area contributed by atoms with Crippen LogP contribution in [0.4, 0.5) is 0 Å². The summed E-state index contributed by atoms with van der Waals surface area (Å²) in [6.07, 6.45) is 0. The Balaban J connectivity index is -0.0000000133. The predicted octanol–water partition coefficient (Wildman–Crippen LogP) is 0.455. The number of hydrogen-bond acceptors (Lipinski definition) is 1. The Morgan fingerprint density at radius 2 is 0.889 bits per heavy atom. The van der Waals surface area contributed by atoms with Gasteiger partial charge in [-0.2, -0.15) is 0 Å². The van der Waals surface area contributed by atoms with Crippen molar-refractivity contribution < 1.29 is 40.3 Å². The molecule has 0 spiro atoms. The Hall–Kier alpha value is 1.30. The van der Waals surface area contributed by atoms with Gasteiger partial charge in [0.05, 0.1) is 0 Å². The van der Waals surface area contributed by atoms with Gasteiger partial charge in [0, 0.05) is 20.4 Å². The van der Waals surface area contributed by atoms with E-state index in [1.807, 2.05) is 14.8 Å². The second-order valence-electron chi connectivity index (χ2n) is 2.17. The molecule has 6 heteroatoms. The summed E-state index contributed by atoms with van der Waals surface area (Å²) >= 11 is -2.18. The van der Waals surface area contributed by atoms with Gasteiger partial charge in [0.1, 0.15) is 0 Å². The summed E-state index contributed by atoms with van der Waals surface area (Å²) < 4.78 is 8.73. The summed E-state index contributed by atoms with van der Waals surface area (Å²) in [6.45, 7) is 0. The molecule has 9 heavy (non-hydrogen) atoms. The van der Waals surface area contributed by atoms with Crippen LogP contribution in [0.1, 0.15) is 0 Å². The van der Waals surface area contributed by atoms with Gasteiger partial charge in [-0.15, -0.1) is 0 Å². The molecular weight excluding hydrogens is 405 g/mol. The fraction of sp³-hybridized carbons (Fsp3) is 1.00. The van der Waals surface area contributed by atoms with Crippen LogP contribution in [-0.4, -0.2) is 22.2 Å². The van der Waals surface area contributed by atoms with Gasteiger partial charge < -0.3 is 16.4 Å². The van der Waals surface area contributed by atoms with E-state index in [1.165, 1.54) is 0 Å². The van der Waals surface area contributed by atoms with Crippen LogP contribution in [0.2, 0.25) is 14.8 Å². The van der Waals surface area contributed by atoms with E-state index in [0.29, 0.717) is 0 Å². The maximum absolute atomic E-state index is 8.73. The molecule has 0 aliphatic carbocycles. The first-order chi connectivity index (χ1) is 2.00. The van der Waals surface area contributed by atoms with Crippen LogP contribution >= 0.6 is 0 Å². The zero-order valence-corrected chi connectivity index (χ0v) is 11.1. The summed E-state index contributed by atoms with van der Waals surface area (Å²) in [6, 6.07) is 0. The van der Waals surface area contributed by atoms with Crippen LogP contribution in [-0.2, 0) is 36.9 Å². The van der Waals surface area contributed by atoms with Crippen molar-refractivity contribution in [1.82, 2.24) is 0 Å². The Morgan fingerprint density at radius 3 is 0.889 bits per heavy atom. The van der Waals surface area contributed by atoms with Gasteiger partial charge in [-0.25, -0.2) is 0 Å². The van der Waals surface area contributed by atoms with Crippen LogP contribution in [0, 0.1) is 0 Å². The van der Waals surface area contributed by atoms with Crippen LogP contribution in [0.25, 0.3) is 0 Å². The molecule has 0 aromatic heterocycles. The minimum Gasteiger partial charge on any atom is -2.00 e. The van der Waals surface area contributed by atoms with E-state index >= 15 is 0 Å². The molecule has 0 amide bonds. The minimum atomic E-state index is -2.18. The predicted molar refractivity (Wildman–Crippen MR) is 27.6 cm³/mol. The molecule has 0 unspecified atom stereocenters. The summed E-state index contributed by atoms with van der Waals surface area (Å²) in [7, 11) is 0. The first-order valence-corrected chi connectivity index (χ1v) is 11.6. The summed E-state index contributed by atoms with van der Waals surface area (Å²) in [5, 5.41) is 0. The third kappa shape index (κ3) is 293. The van der Waals surface area contributed by atoms with E-state index in [9.17, 15) is 0 Å². The van der Waals surface area contributed by atoms with Crippen molar-refractivity contribution in [3.8, 4) is 0 Å². The van der Waals surface area contributed by atoms with E-state index < -0.39 is 18.8 Å². The molecule has 0 aliphatic rings. The molecule has 0 aromatic rings. The molecule has 0 bridgehead atoms. The Bertz CT molecular complexity index is 31.3. The molecule has 0 rings (SSSR count). The van der Waals surface area contributed by atoms with Crippen LogP contribution in [0.15, 0.2) is 0 Å². The van der Waals surface area contributed by atoms with Crippen molar-refractivity contribution in [1.29, 1.82) is 0 Å². The summed E-state index contributed by atoms with van der Waals surface area (Å²) in [5.74, 6) is 0. The van der Waals surface area contributed by atoms with Crippen molar-refractivity contribution >= 4 is 18.8 Å². The molecule has 0 saturated heterocycles. The molecule has 0 aliphatic heterocycles. The quantitative estimate of drug-likeness (QED) is 0.571. The topological polar surface area (TPSA) is 106 Å². The molecule has 0 fully saturated rings. The minimum absolute atomic E-state index is 0. The smallest absolute Gasteiger partial charge is 0 e. The fourth-order valence-corrected chi connectivity index (χ4v) is 0. The molecule has 0 atom stereocenters. The van der Waals surface area contributed by atoms with E-state index in [-0.39, 0.29) is 36.9 Å². The molecule has 0 heterocycles. The maximum Gasteiger partial charge on any atom is 0 e. The Kier molecular flexibility index (Phi) is 42.4. The number of rotatable bonds is 0. The van der Waals surface area contributed by atoms with Gasteiger partial charge in [0.15, 0.2) is 0 Å². The monoisotopic (exact) mass is 417 g/mol. The number of hydrogen-bond donors (Lipinski definition) is 1. The first kappa shape index (κ1) is 31.7. The van der Waals surface area contributed by atoms with Gasteiger partial charge in [-0.1, -0.05) is 0 Å². The molecular formula is C3H10O4ReSn-6. The molecule has 1 N–H and O–H groups in total. The largest absolute Gasteiger partial charge is 2.00 e. The van der Waals surface area contributed by atoms with Gasteiger partial charge in [0.2, 0.25) is 0 Å². The average molecular weight is 415 g/mol. The van der Waals surface area contributed by atoms with Crippen molar-refractivity contribution in [3.63, 3.8) is 0 Å². The van der Waals surface area contributed by atoms with E-state index in [1.54, 1.807) is 0 Å². The van der Waals surface area contributed by atoms with Gasteiger partial charge in [0.25, 0.3) is 0 Å². The van der Waals surface area contributed by atoms with E-state index in [2.05, 4.69) is 0 Å². The molecule has 0 aromatic carbocycles. The fourth-order valence-electron chi connectivity index (χ4n) is 0. The summed E-state index contributed by atoms with van der Waals surface area (Å²) in [5.41, 5.74) is 0. The first-order valence-electron chi connectivity index (χ1n) is 1.72. The van der Waals surface area contributed by atoms with Crippen molar-refractivity contribution in [2.45, 2.75) is 14.8 Å². The van der Waals surface area contributed by atoms with Gasteiger partial charge in [-0.05, 0) is 0 Å².